The lowest BCUT2D eigenvalue weighted by Crippen LogP contribution is -2.39. The number of allylic oxidation sites excluding steroid dienone is 1. The molecule has 0 aliphatic carbocycles. The minimum absolute atomic E-state index is 0.137. The Hall–Kier alpha value is -4.21. The molecule has 0 unspecified atom stereocenters. The van der Waals surface area contributed by atoms with Crippen LogP contribution in [0.1, 0.15) is 47.7 Å². The van der Waals surface area contributed by atoms with Crippen LogP contribution in [0, 0.1) is 21.8 Å². The van der Waals surface area contributed by atoms with Crippen molar-refractivity contribution in [1.82, 2.24) is 4.57 Å². The van der Waals surface area contributed by atoms with Gasteiger partial charge in [-0.1, -0.05) is 59.4 Å². The molecule has 0 bridgehead atoms. The molecule has 2 heterocycles. The first-order valence-corrected chi connectivity index (χ1v) is 15.4. The highest BCUT2D eigenvalue weighted by atomic mass is 127. The number of methoxy groups -OCH3 is 1. The van der Waals surface area contributed by atoms with Crippen LogP contribution in [0.4, 0.5) is 0 Å². The molecular weight excluding hydrogens is 677 g/mol. The number of halogens is 1. The standard InChI is InChI=1S/C33H28IN3O5S/c1-5-41-32(39)28-20(3)36-33-37(29(28)21-12-10-19(2)11-13-21)31(38)27(43-33)15-24-14-25(34)16-26(40-4)30(24)42-18-23-9-7-6-8-22(23)17-35/h6-16,29H,5,18H2,1-4H3/b27-15-/t29-/m1/s1. The molecule has 1 aliphatic rings. The fraction of sp³-hybridized carbons (Fsp3) is 0.212. The van der Waals surface area contributed by atoms with Gasteiger partial charge in [-0.25, -0.2) is 9.79 Å². The average Bonchev–Trinajstić information content (AvgIpc) is 3.30. The van der Waals surface area contributed by atoms with Crippen molar-refractivity contribution in [2.75, 3.05) is 13.7 Å². The van der Waals surface area contributed by atoms with Crippen LogP contribution < -0.4 is 24.4 Å². The molecule has 8 nitrogen and oxygen atoms in total. The highest BCUT2D eigenvalue weighted by molar-refractivity contribution is 14.1. The van der Waals surface area contributed by atoms with E-state index in [1.54, 1.807) is 43.7 Å². The van der Waals surface area contributed by atoms with E-state index >= 15 is 0 Å². The highest BCUT2D eigenvalue weighted by Gasteiger charge is 2.33. The summed E-state index contributed by atoms with van der Waals surface area (Å²) in [6.45, 7) is 5.84. The predicted molar refractivity (Wildman–Crippen MR) is 173 cm³/mol. The van der Waals surface area contributed by atoms with Crippen molar-refractivity contribution in [3.63, 3.8) is 0 Å². The van der Waals surface area contributed by atoms with Crippen LogP contribution in [-0.4, -0.2) is 24.3 Å². The molecule has 0 amide bonds. The molecule has 218 valence electrons. The number of carbonyl (C=O) groups excluding carboxylic acids is 1. The third-order valence-electron chi connectivity index (χ3n) is 6.97. The van der Waals surface area contributed by atoms with Gasteiger partial charge < -0.3 is 14.2 Å². The number of fused-ring (bicyclic) bond motifs is 1. The molecule has 4 aromatic rings. The first kappa shape index (κ1) is 30.3. The highest BCUT2D eigenvalue weighted by Crippen LogP contribution is 2.35. The smallest absolute Gasteiger partial charge is 0.338 e. The summed E-state index contributed by atoms with van der Waals surface area (Å²) < 4.78 is 20.2. The largest absolute Gasteiger partial charge is 0.493 e. The Kier molecular flexibility index (Phi) is 9.13. The number of esters is 1. The number of benzene rings is 3. The molecule has 1 atom stereocenters. The van der Waals surface area contributed by atoms with Gasteiger partial charge in [0.15, 0.2) is 16.3 Å². The van der Waals surface area contributed by atoms with E-state index in [2.05, 4.69) is 33.7 Å². The molecule has 1 aromatic heterocycles. The van der Waals surface area contributed by atoms with E-state index in [0.29, 0.717) is 43.2 Å². The maximum atomic E-state index is 14.1. The first-order valence-electron chi connectivity index (χ1n) is 13.5. The van der Waals surface area contributed by atoms with Crippen molar-refractivity contribution in [3.8, 4) is 17.6 Å². The molecule has 10 heteroatoms. The van der Waals surface area contributed by atoms with Crippen molar-refractivity contribution in [2.45, 2.75) is 33.4 Å². The zero-order valence-electron chi connectivity index (χ0n) is 24.0. The number of aryl methyl sites for hydroxylation is 1. The Morgan fingerprint density at radius 2 is 1.91 bits per heavy atom. The van der Waals surface area contributed by atoms with Crippen LogP contribution in [0.3, 0.4) is 0 Å². The van der Waals surface area contributed by atoms with Crippen LogP contribution >= 0.6 is 33.9 Å². The van der Waals surface area contributed by atoms with Crippen LogP contribution in [0.2, 0.25) is 0 Å². The minimum atomic E-state index is -0.693. The Balaban J connectivity index is 1.67. The quantitative estimate of drug-likeness (QED) is 0.185. The first-order chi connectivity index (χ1) is 20.7. The lowest BCUT2D eigenvalue weighted by atomic mass is 9.95. The van der Waals surface area contributed by atoms with Crippen molar-refractivity contribution in [1.29, 1.82) is 5.26 Å². The zero-order chi connectivity index (χ0) is 30.7. The summed E-state index contributed by atoms with van der Waals surface area (Å²) in [4.78, 5) is 32.4. The summed E-state index contributed by atoms with van der Waals surface area (Å²) in [6, 6.07) is 20.2. The second-order valence-corrected chi connectivity index (χ2v) is 12.1. The summed E-state index contributed by atoms with van der Waals surface area (Å²) >= 11 is 3.43. The summed E-state index contributed by atoms with van der Waals surface area (Å²) in [5.74, 6) is 0.442. The van der Waals surface area contributed by atoms with Crippen molar-refractivity contribution in [3.05, 3.63) is 123 Å². The number of nitrogens with zero attached hydrogens (tertiary/aromatic N) is 3. The molecule has 5 rings (SSSR count). The maximum Gasteiger partial charge on any atom is 0.338 e. The van der Waals surface area contributed by atoms with E-state index in [1.165, 1.54) is 11.3 Å². The Labute approximate surface area is 266 Å². The molecule has 0 saturated carbocycles. The van der Waals surface area contributed by atoms with E-state index in [1.807, 2.05) is 55.5 Å². The summed E-state index contributed by atoms with van der Waals surface area (Å²) in [7, 11) is 1.56. The second-order valence-electron chi connectivity index (χ2n) is 9.80. The molecule has 1 aliphatic heterocycles. The van der Waals surface area contributed by atoms with Gasteiger partial charge in [-0.2, -0.15) is 5.26 Å². The van der Waals surface area contributed by atoms with Crippen molar-refractivity contribution >= 4 is 46.0 Å². The molecular formula is C33H28IN3O5S. The van der Waals surface area contributed by atoms with E-state index in [9.17, 15) is 14.9 Å². The van der Waals surface area contributed by atoms with Gasteiger partial charge in [0.2, 0.25) is 0 Å². The van der Waals surface area contributed by atoms with Crippen LogP contribution in [0.15, 0.2) is 81.7 Å². The van der Waals surface area contributed by atoms with Gasteiger partial charge in [-0.05, 0) is 73.2 Å². The molecule has 43 heavy (non-hydrogen) atoms. The molecule has 0 radical (unpaired) electrons. The fourth-order valence-electron chi connectivity index (χ4n) is 4.90. The van der Waals surface area contributed by atoms with Gasteiger partial charge in [-0.15, -0.1) is 0 Å². The number of carbonyl (C=O) groups is 1. The van der Waals surface area contributed by atoms with E-state index in [-0.39, 0.29) is 18.8 Å². The number of hydrogen-bond acceptors (Lipinski definition) is 8. The number of hydrogen-bond donors (Lipinski definition) is 0. The summed E-state index contributed by atoms with van der Waals surface area (Å²) in [5, 5.41) is 9.52. The van der Waals surface area contributed by atoms with Gasteiger partial charge >= 0.3 is 5.97 Å². The van der Waals surface area contributed by atoms with Gasteiger partial charge in [-0.3, -0.25) is 9.36 Å². The fourth-order valence-corrected chi connectivity index (χ4v) is 6.56. The Bertz CT molecular complexity index is 1970. The van der Waals surface area contributed by atoms with Crippen LogP contribution in [-0.2, 0) is 16.1 Å². The third kappa shape index (κ3) is 6.14. The minimum Gasteiger partial charge on any atom is -0.493 e. The normalized spacial score (nSPS) is 14.5. The molecule has 0 N–H and O–H groups in total. The van der Waals surface area contributed by atoms with Gasteiger partial charge in [0.1, 0.15) is 6.61 Å². The number of thiazole rings is 1. The summed E-state index contributed by atoms with van der Waals surface area (Å²) in [5.41, 5.74) is 4.29. The zero-order valence-corrected chi connectivity index (χ0v) is 27.0. The number of nitriles is 1. The monoisotopic (exact) mass is 705 g/mol. The summed E-state index contributed by atoms with van der Waals surface area (Å²) in [6.07, 6.45) is 1.76. The van der Waals surface area contributed by atoms with Gasteiger partial charge in [0, 0.05) is 14.7 Å². The van der Waals surface area contributed by atoms with Crippen LogP contribution in [0.5, 0.6) is 11.5 Å². The second kappa shape index (κ2) is 13.0. The number of ether oxygens (including phenoxy) is 3. The molecule has 0 spiro atoms. The van der Waals surface area contributed by atoms with Crippen molar-refractivity contribution < 1.29 is 19.0 Å². The molecule has 0 saturated heterocycles. The Morgan fingerprint density at radius 3 is 2.60 bits per heavy atom. The SMILES string of the molecule is CCOC(=O)C1=C(C)N=c2s/c(=C\c3cc(I)cc(OC)c3OCc3ccccc3C#N)c(=O)n2[C@@H]1c1ccc(C)cc1. The molecule has 3 aromatic carbocycles. The lowest BCUT2D eigenvalue weighted by molar-refractivity contribution is -0.139. The number of aromatic nitrogens is 1. The van der Waals surface area contributed by atoms with Crippen LogP contribution in [0.25, 0.3) is 6.08 Å². The van der Waals surface area contributed by atoms with Gasteiger partial charge in [0.05, 0.1) is 47.2 Å². The number of rotatable bonds is 8. The van der Waals surface area contributed by atoms with Gasteiger partial charge in [0.25, 0.3) is 5.56 Å². The van der Waals surface area contributed by atoms with E-state index in [4.69, 9.17) is 14.2 Å². The topological polar surface area (TPSA) is 103 Å². The molecule has 0 fully saturated rings. The lowest BCUT2D eigenvalue weighted by Gasteiger charge is -2.24. The predicted octanol–water partition coefficient (Wildman–Crippen LogP) is 5.17. The van der Waals surface area contributed by atoms with E-state index < -0.39 is 12.0 Å². The Morgan fingerprint density at radius 1 is 1.16 bits per heavy atom. The third-order valence-corrected chi connectivity index (χ3v) is 8.58. The maximum absolute atomic E-state index is 14.1. The van der Waals surface area contributed by atoms with Crippen molar-refractivity contribution in [2.24, 2.45) is 4.99 Å². The average molecular weight is 706 g/mol. The van der Waals surface area contributed by atoms with E-state index in [0.717, 1.165) is 20.3 Å².